The molecule has 27 heavy (non-hydrogen) atoms. The van der Waals surface area contributed by atoms with Gasteiger partial charge in [-0.1, -0.05) is 27.7 Å². The van der Waals surface area contributed by atoms with Crippen molar-refractivity contribution in [1.82, 2.24) is 14.7 Å². The lowest BCUT2D eigenvalue weighted by atomic mass is 9.98. The number of carbonyl (C=O) groups excluding carboxylic acids is 2. The predicted molar refractivity (Wildman–Crippen MR) is 105 cm³/mol. The van der Waals surface area contributed by atoms with Crippen LogP contribution in [0.1, 0.15) is 41.5 Å². The summed E-state index contributed by atoms with van der Waals surface area (Å²) < 4.78 is 11.1. The van der Waals surface area contributed by atoms with E-state index in [2.05, 4.69) is 32.6 Å². The van der Waals surface area contributed by atoms with Crippen LogP contribution < -0.4 is 0 Å². The number of hydrogen-bond donors (Lipinski definition) is 0. The maximum atomic E-state index is 13.3. The second-order valence-electron chi connectivity index (χ2n) is 8.68. The molecule has 0 spiro atoms. The highest BCUT2D eigenvalue weighted by atomic mass is 16.6. The smallest absolute Gasteiger partial charge is 0.409 e. The van der Waals surface area contributed by atoms with Crippen molar-refractivity contribution in [3.63, 3.8) is 0 Å². The van der Waals surface area contributed by atoms with Crippen molar-refractivity contribution >= 4 is 12.0 Å². The largest absolute Gasteiger partial charge is 0.449 e. The number of ether oxygens (including phenoxy) is 2. The normalized spacial score (nSPS) is 25.8. The fraction of sp³-hybridized carbons (Fsp3) is 0.900. The van der Waals surface area contributed by atoms with Crippen molar-refractivity contribution in [2.75, 3.05) is 45.9 Å². The molecule has 2 aliphatic heterocycles. The first kappa shape index (κ1) is 22.0. The lowest BCUT2D eigenvalue weighted by molar-refractivity contribution is -0.147. The number of amides is 2. The van der Waals surface area contributed by atoms with E-state index in [9.17, 15) is 9.59 Å². The summed E-state index contributed by atoms with van der Waals surface area (Å²) in [4.78, 5) is 31.3. The van der Waals surface area contributed by atoms with Gasteiger partial charge >= 0.3 is 6.09 Å². The minimum atomic E-state index is -0.271. The molecule has 2 amide bonds. The molecule has 2 fully saturated rings. The summed E-state index contributed by atoms with van der Waals surface area (Å²) in [5.74, 6) is 0.715. The highest BCUT2D eigenvalue weighted by molar-refractivity contribution is 5.82. The summed E-state index contributed by atoms with van der Waals surface area (Å²) in [6, 6.07) is -0.141. The summed E-state index contributed by atoms with van der Waals surface area (Å²) in [6.07, 6.45) is -0.00205. The van der Waals surface area contributed by atoms with E-state index in [-0.39, 0.29) is 36.2 Å². The molecule has 0 aromatic heterocycles. The standard InChI is InChI=1S/C20H37N3O4/c1-14(2)13-26-20(25)22-9-7-21(8-10-22)19(24)18(15(3)4)23-11-16(5)27-17(6)12-23/h14-18H,7-13H2,1-6H3. The number of rotatable bonds is 5. The topological polar surface area (TPSA) is 62.3 Å². The van der Waals surface area contributed by atoms with Crippen LogP contribution in [0, 0.1) is 11.8 Å². The molecule has 0 radical (unpaired) electrons. The molecule has 3 unspecified atom stereocenters. The van der Waals surface area contributed by atoms with Crippen LogP contribution in [-0.4, -0.2) is 90.8 Å². The van der Waals surface area contributed by atoms with Gasteiger partial charge in [0, 0.05) is 39.3 Å². The molecule has 7 heteroatoms. The fourth-order valence-corrected chi connectivity index (χ4v) is 3.93. The van der Waals surface area contributed by atoms with Gasteiger partial charge in [-0.15, -0.1) is 0 Å². The Balaban J connectivity index is 1.93. The molecule has 2 rings (SSSR count). The molecule has 0 aromatic carbocycles. The van der Waals surface area contributed by atoms with Crippen LogP contribution >= 0.6 is 0 Å². The van der Waals surface area contributed by atoms with Gasteiger partial charge in [-0.3, -0.25) is 9.69 Å². The first-order chi connectivity index (χ1) is 12.7. The van der Waals surface area contributed by atoms with Crippen molar-refractivity contribution in [1.29, 1.82) is 0 Å². The number of piperazine rings is 1. The summed E-state index contributed by atoms with van der Waals surface area (Å²) in [6.45, 7) is 16.5. The highest BCUT2D eigenvalue weighted by Crippen LogP contribution is 2.21. The minimum Gasteiger partial charge on any atom is -0.449 e. The van der Waals surface area contributed by atoms with Crippen molar-refractivity contribution in [2.24, 2.45) is 11.8 Å². The number of morpholine rings is 1. The summed E-state index contributed by atoms with van der Waals surface area (Å²) in [5, 5.41) is 0. The molecule has 2 heterocycles. The Hall–Kier alpha value is -1.34. The van der Waals surface area contributed by atoms with E-state index < -0.39 is 0 Å². The van der Waals surface area contributed by atoms with E-state index in [0.717, 1.165) is 13.1 Å². The zero-order chi connectivity index (χ0) is 20.1. The lowest BCUT2D eigenvalue weighted by Crippen LogP contribution is -2.60. The van der Waals surface area contributed by atoms with Gasteiger partial charge in [-0.05, 0) is 25.7 Å². The Morgan fingerprint density at radius 1 is 0.963 bits per heavy atom. The van der Waals surface area contributed by atoms with E-state index in [1.807, 2.05) is 18.7 Å². The minimum absolute atomic E-state index is 0.135. The van der Waals surface area contributed by atoms with Gasteiger partial charge in [0.15, 0.2) is 0 Å². The van der Waals surface area contributed by atoms with Gasteiger partial charge in [0.25, 0.3) is 0 Å². The van der Waals surface area contributed by atoms with Crippen LogP contribution in [0.4, 0.5) is 4.79 Å². The van der Waals surface area contributed by atoms with Crippen LogP contribution in [-0.2, 0) is 14.3 Å². The summed E-state index contributed by atoms with van der Waals surface area (Å²) in [7, 11) is 0. The zero-order valence-electron chi connectivity index (χ0n) is 17.8. The molecule has 156 valence electrons. The average Bonchev–Trinajstić information content (AvgIpc) is 2.58. The van der Waals surface area contributed by atoms with Crippen LogP contribution in [0.2, 0.25) is 0 Å². The van der Waals surface area contributed by atoms with E-state index in [1.54, 1.807) is 4.90 Å². The Bertz CT molecular complexity index is 493. The quantitative estimate of drug-likeness (QED) is 0.727. The van der Waals surface area contributed by atoms with E-state index in [0.29, 0.717) is 38.7 Å². The van der Waals surface area contributed by atoms with Crippen LogP contribution in [0.3, 0.4) is 0 Å². The first-order valence-corrected chi connectivity index (χ1v) is 10.3. The fourth-order valence-electron chi connectivity index (χ4n) is 3.93. The predicted octanol–water partition coefficient (Wildman–Crippen LogP) is 2.06. The zero-order valence-corrected chi connectivity index (χ0v) is 17.8. The highest BCUT2D eigenvalue weighted by Gasteiger charge is 2.37. The Morgan fingerprint density at radius 3 is 1.96 bits per heavy atom. The monoisotopic (exact) mass is 383 g/mol. The molecule has 0 N–H and O–H groups in total. The molecule has 7 nitrogen and oxygen atoms in total. The third-order valence-corrected chi connectivity index (χ3v) is 5.12. The van der Waals surface area contributed by atoms with E-state index in [1.165, 1.54) is 0 Å². The number of carbonyl (C=O) groups is 2. The van der Waals surface area contributed by atoms with Crippen LogP contribution in [0.25, 0.3) is 0 Å². The molecule has 2 aliphatic rings. The summed E-state index contributed by atoms with van der Waals surface area (Å²) in [5.41, 5.74) is 0. The van der Waals surface area contributed by atoms with Gasteiger partial charge in [0.05, 0.1) is 24.9 Å². The summed E-state index contributed by atoms with van der Waals surface area (Å²) >= 11 is 0. The molecule has 3 atom stereocenters. The SMILES string of the molecule is CC(C)COC(=O)N1CCN(C(=O)C(C(C)C)N2CC(C)OC(C)C2)CC1. The molecule has 0 saturated carbocycles. The Kier molecular flexibility index (Phi) is 7.91. The number of nitrogens with zero attached hydrogens (tertiary/aromatic N) is 3. The molecule has 0 aromatic rings. The molecule has 2 saturated heterocycles. The van der Waals surface area contributed by atoms with Gasteiger partial charge < -0.3 is 19.3 Å². The van der Waals surface area contributed by atoms with E-state index >= 15 is 0 Å². The van der Waals surface area contributed by atoms with Gasteiger partial charge in [-0.2, -0.15) is 0 Å². The molecular formula is C20H37N3O4. The van der Waals surface area contributed by atoms with Crippen LogP contribution in [0.5, 0.6) is 0 Å². The Morgan fingerprint density at radius 2 is 1.48 bits per heavy atom. The average molecular weight is 384 g/mol. The maximum absolute atomic E-state index is 13.3. The number of hydrogen-bond acceptors (Lipinski definition) is 5. The maximum Gasteiger partial charge on any atom is 0.409 e. The third kappa shape index (κ3) is 6.07. The second-order valence-corrected chi connectivity index (χ2v) is 8.68. The first-order valence-electron chi connectivity index (χ1n) is 10.3. The van der Waals surface area contributed by atoms with Gasteiger partial charge in [0.2, 0.25) is 5.91 Å². The van der Waals surface area contributed by atoms with Crippen molar-refractivity contribution in [3.8, 4) is 0 Å². The van der Waals surface area contributed by atoms with Gasteiger partial charge in [0.1, 0.15) is 0 Å². The Labute approximate surface area is 163 Å². The van der Waals surface area contributed by atoms with E-state index in [4.69, 9.17) is 9.47 Å². The third-order valence-electron chi connectivity index (χ3n) is 5.12. The van der Waals surface area contributed by atoms with Crippen molar-refractivity contribution in [3.05, 3.63) is 0 Å². The van der Waals surface area contributed by atoms with Crippen molar-refractivity contribution in [2.45, 2.75) is 59.8 Å². The van der Waals surface area contributed by atoms with Crippen LogP contribution in [0.15, 0.2) is 0 Å². The van der Waals surface area contributed by atoms with Crippen molar-refractivity contribution < 1.29 is 19.1 Å². The second kappa shape index (κ2) is 9.73. The van der Waals surface area contributed by atoms with Gasteiger partial charge in [-0.25, -0.2) is 4.79 Å². The lowest BCUT2D eigenvalue weighted by Gasteiger charge is -2.44. The molecule has 0 bridgehead atoms. The molecular weight excluding hydrogens is 346 g/mol. The molecule has 0 aliphatic carbocycles.